The number of para-hydroxylation sites is 1. The Morgan fingerprint density at radius 2 is 1.68 bits per heavy atom. The van der Waals surface area contributed by atoms with E-state index in [-0.39, 0.29) is 0 Å². The zero-order valence-corrected chi connectivity index (χ0v) is 16.1. The van der Waals surface area contributed by atoms with Crippen LogP contribution in [-0.4, -0.2) is 42.8 Å². The van der Waals surface area contributed by atoms with E-state index >= 15 is 0 Å². The molecule has 0 spiro atoms. The Balaban J connectivity index is 0.00000109. The lowest BCUT2D eigenvalue weighted by Crippen LogP contribution is -2.46. The van der Waals surface area contributed by atoms with Gasteiger partial charge in [0.2, 0.25) is 0 Å². The summed E-state index contributed by atoms with van der Waals surface area (Å²) in [5.41, 5.74) is 2.45. The molecule has 3 rings (SSSR count). The summed E-state index contributed by atoms with van der Waals surface area (Å²) in [5.74, 6) is 0.913. The second-order valence-corrected chi connectivity index (χ2v) is 6.40. The molecule has 0 radical (unpaired) electrons. The minimum atomic E-state index is 0.913. The van der Waals surface area contributed by atoms with Crippen molar-refractivity contribution in [3.05, 3.63) is 47.9 Å². The first-order valence-electron chi connectivity index (χ1n) is 9.76. The molecule has 0 atom stereocenters. The summed E-state index contributed by atoms with van der Waals surface area (Å²) in [6, 6.07) is 12.8. The van der Waals surface area contributed by atoms with Crippen molar-refractivity contribution in [2.45, 2.75) is 46.5 Å². The zero-order valence-electron chi connectivity index (χ0n) is 16.1. The van der Waals surface area contributed by atoms with E-state index in [1.54, 1.807) is 0 Å². The summed E-state index contributed by atoms with van der Waals surface area (Å²) >= 11 is 0. The molecule has 1 aromatic carbocycles. The number of unbranched alkanes of at least 4 members (excludes halogenated alkanes) is 2. The molecule has 1 aliphatic heterocycles. The molecular weight excluding hydrogens is 310 g/mol. The van der Waals surface area contributed by atoms with E-state index in [1.165, 1.54) is 44.6 Å². The van der Waals surface area contributed by atoms with Gasteiger partial charge in [-0.1, -0.05) is 43.6 Å². The molecule has 138 valence electrons. The first-order valence-corrected chi connectivity index (χ1v) is 9.76. The molecule has 2 heterocycles. The van der Waals surface area contributed by atoms with Crippen molar-refractivity contribution in [1.82, 2.24) is 10.1 Å². The molecule has 0 N–H and O–H groups in total. The quantitative estimate of drug-likeness (QED) is 0.691. The van der Waals surface area contributed by atoms with Crippen LogP contribution in [0.4, 0.5) is 5.69 Å². The lowest BCUT2D eigenvalue weighted by Gasteiger charge is -2.36. The maximum Gasteiger partial charge on any atom is 0.133 e. The molecular formula is C21H33N3O. The van der Waals surface area contributed by atoms with Crippen LogP contribution in [0.2, 0.25) is 0 Å². The zero-order chi connectivity index (χ0) is 17.9. The number of rotatable bonds is 7. The van der Waals surface area contributed by atoms with Gasteiger partial charge in [0.15, 0.2) is 0 Å². The van der Waals surface area contributed by atoms with Crippen molar-refractivity contribution in [1.29, 1.82) is 0 Å². The van der Waals surface area contributed by atoms with Crippen molar-refractivity contribution in [2.75, 3.05) is 37.6 Å². The van der Waals surface area contributed by atoms with E-state index < -0.39 is 0 Å². The summed E-state index contributed by atoms with van der Waals surface area (Å²) in [7, 11) is 0. The number of hydrogen-bond donors (Lipinski definition) is 0. The SMILES string of the molecule is CC.Cc1cc(CCCCCN2CCN(c3ccccc3)CC2)no1. The second-order valence-electron chi connectivity index (χ2n) is 6.40. The minimum absolute atomic E-state index is 0.913. The standard InChI is InChI=1S/C19H27N3O.C2H6/c1-17-16-18(20-23-17)8-4-3-7-11-21-12-14-22(15-13-21)19-9-5-2-6-10-19;1-2/h2,5-6,9-10,16H,3-4,7-8,11-15H2,1H3;1-2H3. The van der Waals surface area contributed by atoms with Crippen molar-refractivity contribution in [3.63, 3.8) is 0 Å². The van der Waals surface area contributed by atoms with Crippen LogP contribution in [0, 0.1) is 6.92 Å². The summed E-state index contributed by atoms with van der Waals surface area (Å²) in [6.07, 6.45) is 4.79. The smallest absolute Gasteiger partial charge is 0.133 e. The first-order chi connectivity index (χ1) is 12.3. The molecule has 0 saturated carbocycles. The highest BCUT2D eigenvalue weighted by Gasteiger charge is 2.16. The van der Waals surface area contributed by atoms with Crippen LogP contribution >= 0.6 is 0 Å². The van der Waals surface area contributed by atoms with Gasteiger partial charge < -0.3 is 9.42 Å². The third-order valence-electron chi connectivity index (χ3n) is 4.58. The van der Waals surface area contributed by atoms with E-state index in [9.17, 15) is 0 Å². The maximum atomic E-state index is 5.10. The van der Waals surface area contributed by atoms with Crippen LogP contribution in [0.3, 0.4) is 0 Å². The van der Waals surface area contributed by atoms with Crippen molar-refractivity contribution >= 4 is 5.69 Å². The molecule has 25 heavy (non-hydrogen) atoms. The summed E-state index contributed by atoms with van der Waals surface area (Å²) in [6.45, 7) is 11.8. The average molecular weight is 344 g/mol. The highest BCUT2D eigenvalue weighted by atomic mass is 16.5. The van der Waals surface area contributed by atoms with E-state index in [2.05, 4.69) is 45.3 Å². The van der Waals surface area contributed by atoms with Gasteiger partial charge >= 0.3 is 0 Å². The van der Waals surface area contributed by atoms with E-state index in [4.69, 9.17) is 4.52 Å². The fourth-order valence-electron chi connectivity index (χ4n) is 3.22. The molecule has 1 aliphatic rings. The van der Waals surface area contributed by atoms with Crippen LogP contribution in [0.5, 0.6) is 0 Å². The summed E-state index contributed by atoms with van der Waals surface area (Å²) < 4.78 is 5.10. The average Bonchev–Trinajstić information content (AvgIpc) is 3.09. The van der Waals surface area contributed by atoms with Gasteiger partial charge in [0.05, 0.1) is 5.69 Å². The van der Waals surface area contributed by atoms with Crippen LogP contribution in [0.1, 0.15) is 44.6 Å². The van der Waals surface area contributed by atoms with Gasteiger partial charge in [0.1, 0.15) is 5.76 Å². The van der Waals surface area contributed by atoms with Crippen LogP contribution in [0.25, 0.3) is 0 Å². The number of nitrogens with zero attached hydrogens (tertiary/aromatic N) is 3. The van der Waals surface area contributed by atoms with E-state index in [1.807, 2.05) is 26.8 Å². The molecule has 0 amide bonds. The van der Waals surface area contributed by atoms with E-state index in [0.29, 0.717) is 0 Å². The molecule has 1 saturated heterocycles. The van der Waals surface area contributed by atoms with Gasteiger partial charge in [0.25, 0.3) is 0 Å². The molecule has 1 aromatic heterocycles. The lowest BCUT2D eigenvalue weighted by molar-refractivity contribution is 0.252. The molecule has 0 bridgehead atoms. The Kier molecular flexibility index (Phi) is 8.53. The van der Waals surface area contributed by atoms with Gasteiger partial charge in [-0.3, -0.25) is 4.90 Å². The van der Waals surface area contributed by atoms with Gasteiger partial charge in [-0.2, -0.15) is 0 Å². The largest absolute Gasteiger partial charge is 0.369 e. The van der Waals surface area contributed by atoms with Gasteiger partial charge in [-0.05, 0) is 44.9 Å². The Bertz CT molecular complexity index is 574. The highest BCUT2D eigenvalue weighted by Crippen LogP contribution is 2.16. The van der Waals surface area contributed by atoms with Crippen LogP contribution < -0.4 is 4.90 Å². The minimum Gasteiger partial charge on any atom is -0.369 e. The van der Waals surface area contributed by atoms with Crippen LogP contribution in [0.15, 0.2) is 40.9 Å². The Morgan fingerprint density at radius 3 is 2.32 bits per heavy atom. The summed E-state index contributed by atoms with van der Waals surface area (Å²) in [4.78, 5) is 5.09. The molecule has 2 aromatic rings. The molecule has 4 heteroatoms. The number of aromatic nitrogens is 1. The Hall–Kier alpha value is -1.81. The molecule has 4 nitrogen and oxygen atoms in total. The van der Waals surface area contributed by atoms with Gasteiger partial charge in [-0.25, -0.2) is 0 Å². The molecule has 1 fully saturated rings. The van der Waals surface area contributed by atoms with Gasteiger partial charge in [0, 0.05) is 37.9 Å². The first kappa shape index (κ1) is 19.5. The molecule has 0 unspecified atom stereocenters. The fraction of sp³-hybridized carbons (Fsp3) is 0.571. The number of piperazine rings is 1. The predicted molar refractivity (Wildman–Crippen MR) is 105 cm³/mol. The second kappa shape index (κ2) is 10.9. The topological polar surface area (TPSA) is 32.5 Å². The fourth-order valence-corrected chi connectivity index (χ4v) is 3.22. The number of benzene rings is 1. The van der Waals surface area contributed by atoms with Crippen molar-refractivity contribution < 1.29 is 4.52 Å². The number of anilines is 1. The number of hydrogen-bond acceptors (Lipinski definition) is 4. The predicted octanol–water partition coefficient (Wildman–Crippen LogP) is 4.54. The van der Waals surface area contributed by atoms with Gasteiger partial charge in [-0.15, -0.1) is 0 Å². The van der Waals surface area contributed by atoms with Crippen molar-refractivity contribution in [3.8, 4) is 0 Å². The Morgan fingerprint density at radius 1 is 0.960 bits per heavy atom. The molecule has 0 aliphatic carbocycles. The maximum absolute atomic E-state index is 5.10. The Labute approximate surface area is 152 Å². The van der Waals surface area contributed by atoms with Crippen molar-refractivity contribution in [2.24, 2.45) is 0 Å². The highest BCUT2D eigenvalue weighted by molar-refractivity contribution is 5.46. The third-order valence-corrected chi connectivity index (χ3v) is 4.58. The van der Waals surface area contributed by atoms with E-state index in [0.717, 1.165) is 31.0 Å². The third kappa shape index (κ3) is 6.54. The summed E-state index contributed by atoms with van der Waals surface area (Å²) in [5, 5.41) is 4.05. The number of aryl methyl sites for hydroxylation is 2. The monoisotopic (exact) mass is 343 g/mol. The lowest BCUT2D eigenvalue weighted by atomic mass is 10.1. The normalized spacial score (nSPS) is 14.9. The van der Waals surface area contributed by atoms with Crippen LogP contribution in [-0.2, 0) is 6.42 Å².